The van der Waals surface area contributed by atoms with Crippen LogP contribution in [0.25, 0.3) is 56.4 Å². The maximum atomic E-state index is 5.38. The molecule has 2 aromatic heterocycles. The van der Waals surface area contributed by atoms with Gasteiger partial charge in [-0.1, -0.05) is 140 Å². The van der Waals surface area contributed by atoms with E-state index < -0.39 is 5.41 Å². The Labute approximate surface area is 338 Å². The Balaban J connectivity index is 1.01. The van der Waals surface area contributed by atoms with E-state index in [9.17, 15) is 0 Å². The molecule has 0 N–H and O–H groups in total. The van der Waals surface area contributed by atoms with Crippen LogP contribution in [-0.4, -0.2) is 19.9 Å². The highest BCUT2D eigenvalue weighted by atomic mass is 15.0. The number of aromatic nitrogens is 4. The van der Waals surface area contributed by atoms with Gasteiger partial charge in [0.2, 0.25) is 0 Å². The van der Waals surface area contributed by atoms with Crippen LogP contribution in [0.15, 0.2) is 170 Å². The monoisotopic (exact) mass is 744 g/mol. The van der Waals surface area contributed by atoms with Crippen LogP contribution in [-0.2, 0) is 10.8 Å². The van der Waals surface area contributed by atoms with Gasteiger partial charge in [0.15, 0.2) is 17.5 Å². The molecule has 4 fully saturated rings. The standard InChI is InChI=1S/C54H40N4/c1-4-12-34(13-5-1)50-56-51(35-21-23-46-43(30-35)44-32-55-25-24-47(44)54(46)40-27-33-26-37(29-40)48(54)28-33)58-52(57-50)36-20-22-42-41-18-10-11-19-45(41)53(49(42)31-36,38-14-6-2-7-15-38)39-16-8-3-9-17-39/h1-25,30-33,37,40,48H,26-29H2. The van der Waals surface area contributed by atoms with Crippen molar-refractivity contribution in [2.24, 2.45) is 23.7 Å². The number of hydrogen-bond acceptors (Lipinski definition) is 4. The van der Waals surface area contributed by atoms with Gasteiger partial charge < -0.3 is 0 Å². The molecule has 276 valence electrons. The fraction of sp³-hybridized carbons (Fsp3) is 0.185. The highest BCUT2D eigenvalue weighted by Crippen LogP contribution is 2.73. The average molecular weight is 745 g/mol. The van der Waals surface area contributed by atoms with Crippen LogP contribution in [0.3, 0.4) is 0 Å². The summed E-state index contributed by atoms with van der Waals surface area (Å²) >= 11 is 0. The van der Waals surface area contributed by atoms with E-state index in [1.54, 1.807) is 0 Å². The molecule has 4 saturated carbocycles. The minimum absolute atomic E-state index is 0.106. The lowest BCUT2D eigenvalue weighted by Gasteiger charge is -2.43. The van der Waals surface area contributed by atoms with Crippen LogP contribution in [0.2, 0.25) is 0 Å². The van der Waals surface area contributed by atoms with Gasteiger partial charge >= 0.3 is 0 Å². The summed E-state index contributed by atoms with van der Waals surface area (Å²) in [6, 6.07) is 57.4. The molecule has 5 unspecified atom stereocenters. The zero-order chi connectivity index (χ0) is 38.0. The second-order valence-corrected chi connectivity index (χ2v) is 17.4. The van der Waals surface area contributed by atoms with E-state index in [0.717, 1.165) is 34.4 Å². The topological polar surface area (TPSA) is 51.6 Å². The van der Waals surface area contributed by atoms with Crippen LogP contribution in [0.4, 0.5) is 0 Å². The lowest BCUT2D eigenvalue weighted by molar-refractivity contribution is 0.190. The van der Waals surface area contributed by atoms with Gasteiger partial charge in [-0.2, -0.15) is 0 Å². The molecule has 4 bridgehead atoms. The molecule has 4 heteroatoms. The second kappa shape index (κ2) is 12.0. The van der Waals surface area contributed by atoms with Gasteiger partial charge in [0.25, 0.3) is 0 Å². The maximum Gasteiger partial charge on any atom is 0.164 e. The molecular weight excluding hydrogens is 705 g/mol. The van der Waals surface area contributed by atoms with Crippen molar-refractivity contribution in [1.82, 2.24) is 19.9 Å². The quantitative estimate of drug-likeness (QED) is 0.176. The van der Waals surface area contributed by atoms with Gasteiger partial charge in [-0.15, -0.1) is 0 Å². The number of nitrogens with zero attached hydrogens (tertiary/aromatic N) is 4. The molecule has 0 radical (unpaired) electrons. The molecule has 14 rings (SSSR count). The van der Waals surface area contributed by atoms with Gasteiger partial charge in [0, 0.05) is 40.1 Å². The predicted octanol–water partition coefficient (Wildman–Crippen LogP) is 12.0. The molecule has 4 nitrogen and oxygen atoms in total. The second-order valence-electron chi connectivity index (χ2n) is 17.4. The summed E-state index contributed by atoms with van der Waals surface area (Å²) in [4.78, 5) is 20.6. The van der Waals surface area contributed by atoms with Crippen LogP contribution >= 0.6 is 0 Å². The molecule has 6 aliphatic carbocycles. The van der Waals surface area contributed by atoms with Crippen molar-refractivity contribution in [1.29, 1.82) is 0 Å². The zero-order valence-corrected chi connectivity index (χ0v) is 32.1. The Morgan fingerprint density at radius 1 is 0.431 bits per heavy atom. The summed E-state index contributed by atoms with van der Waals surface area (Å²) in [6.45, 7) is 0. The Kier molecular flexibility index (Phi) is 6.74. The normalized spacial score (nSPS) is 23.4. The van der Waals surface area contributed by atoms with Crippen LogP contribution in [0, 0.1) is 23.7 Å². The van der Waals surface area contributed by atoms with Crippen LogP contribution < -0.4 is 0 Å². The third-order valence-electron chi connectivity index (χ3n) is 14.9. The van der Waals surface area contributed by atoms with Crippen LogP contribution in [0.5, 0.6) is 0 Å². The zero-order valence-electron chi connectivity index (χ0n) is 32.1. The van der Waals surface area contributed by atoms with Crippen molar-refractivity contribution in [3.8, 4) is 56.4 Å². The Morgan fingerprint density at radius 3 is 1.79 bits per heavy atom. The first-order valence-corrected chi connectivity index (χ1v) is 21.0. The molecule has 0 amide bonds. The molecule has 2 heterocycles. The van der Waals surface area contributed by atoms with E-state index in [0.29, 0.717) is 23.4 Å². The first-order valence-electron chi connectivity index (χ1n) is 21.0. The lowest BCUT2D eigenvalue weighted by Crippen LogP contribution is -2.40. The fourth-order valence-corrected chi connectivity index (χ4v) is 12.9. The van der Waals surface area contributed by atoms with Crippen molar-refractivity contribution >= 4 is 0 Å². The van der Waals surface area contributed by atoms with Crippen molar-refractivity contribution in [2.75, 3.05) is 0 Å². The fourth-order valence-electron chi connectivity index (χ4n) is 12.9. The first kappa shape index (κ1) is 32.6. The van der Waals surface area contributed by atoms with E-state index in [4.69, 9.17) is 19.9 Å². The largest absolute Gasteiger partial charge is 0.264 e. The molecule has 0 saturated heterocycles. The van der Waals surface area contributed by atoms with Gasteiger partial charge in [0.05, 0.1) is 5.41 Å². The molecule has 58 heavy (non-hydrogen) atoms. The number of pyridine rings is 1. The van der Waals surface area contributed by atoms with Gasteiger partial charge in [-0.3, -0.25) is 4.98 Å². The Morgan fingerprint density at radius 2 is 1.05 bits per heavy atom. The Hall–Kier alpha value is -6.52. The number of hydrogen-bond donors (Lipinski definition) is 0. The summed E-state index contributed by atoms with van der Waals surface area (Å²) in [7, 11) is 0. The van der Waals surface area contributed by atoms with Gasteiger partial charge in [-0.05, 0) is 118 Å². The van der Waals surface area contributed by atoms with Crippen molar-refractivity contribution in [3.05, 3.63) is 203 Å². The van der Waals surface area contributed by atoms with Gasteiger partial charge in [-0.25, -0.2) is 15.0 Å². The molecule has 6 aromatic carbocycles. The van der Waals surface area contributed by atoms with Crippen LogP contribution in [0.1, 0.15) is 59.1 Å². The highest BCUT2D eigenvalue weighted by Gasteiger charge is 2.66. The number of fused-ring (bicyclic) bond motifs is 6. The molecule has 5 atom stereocenters. The van der Waals surface area contributed by atoms with E-state index in [2.05, 4.69) is 158 Å². The summed E-state index contributed by atoms with van der Waals surface area (Å²) in [5.41, 5.74) is 15.6. The first-order chi connectivity index (χ1) is 28.7. The SMILES string of the molecule is c1ccc(-c2nc(-c3ccc4c(c3)-c3cnccc3C43C4CC5CC(C4)C3C5)nc(-c3ccc4c(c3)C(c3ccccc3)(c3ccccc3)c3ccccc3-4)n2)cc1. The van der Waals surface area contributed by atoms with E-state index in [-0.39, 0.29) is 5.41 Å². The minimum atomic E-state index is -0.515. The summed E-state index contributed by atoms with van der Waals surface area (Å²) < 4.78 is 0. The minimum Gasteiger partial charge on any atom is -0.264 e. The van der Waals surface area contributed by atoms with Crippen molar-refractivity contribution in [3.63, 3.8) is 0 Å². The summed E-state index contributed by atoms with van der Waals surface area (Å²) in [6.07, 6.45) is 9.64. The predicted molar refractivity (Wildman–Crippen MR) is 230 cm³/mol. The summed E-state index contributed by atoms with van der Waals surface area (Å²) in [5.74, 6) is 5.22. The van der Waals surface area contributed by atoms with E-state index in [1.807, 2.05) is 12.3 Å². The third-order valence-corrected chi connectivity index (χ3v) is 14.9. The molecule has 6 aliphatic rings. The Bertz CT molecular complexity index is 2900. The maximum absolute atomic E-state index is 5.38. The molecule has 0 aliphatic heterocycles. The number of benzene rings is 6. The van der Waals surface area contributed by atoms with Gasteiger partial charge in [0.1, 0.15) is 0 Å². The smallest absolute Gasteiger partial charge is 0.164 e. The summed E-state index contributed by atoms with van der Waals surface area (Å²) in [5, 5.41) is 0. The van der Waals surface area contributed by atoms with E-state index >= 15 is 0 Å². The molecule has 1 spiro atoms. The number of rotatable bonds is 5. The third kappa shape index (κ3) is 4.25. The average Bonchev–Trinajstić information content (AvgIpc) is 3.94. The van der Waals surface area contributed by atoms with E-state index in [1.165, 1.54) is 81.3 Å². The lowest BCUT2D eigenvalue weighted by atomic mass is 9.59. The molecule has 8 aromatic rings. The highest BCUT2D eigenvalue weighted by molar-refractivity contribution is 5.89. The molecular formula is C54H40N4. The van der Waals surface area contributed by atoms with Crippen molar-refractivity contribution in [2.45, 2.75) is 36.5 Å². The van der Waals surface area contributed by atoms with Crippen molar-refractivity contribution < 1.29 is 0 Å².